The number of hydrogen-bond acceptors (Lipinski definition) is 2. The number of allylic oxidation sites excluding steroid dienone is 2. The van der Waals surface area contributed by atoms with Crippen LogP contribution in [0.4, 0.5) is 0 Å². The van der Waals surface area contributed by atoms with Crippen molar-refractivity contribution in [1.82, 2.24) is 0 Å². The van der Waals surface area contributed by atoms with Gasteiger partial charge in [0.05, 0.1) is 12.2 Å². The average Bonchev–Trinajstić information content (AvgIpc) is 2.23. The van der Waals surface area contributed by atoms with Gasteiger partial charge in [0.15, 0.2) is 16.6 Å². The third-order valence-corrected chi connectivity index (χ3v) is 5.34. The largest absolute Gasteiger partial charge is 0.412 e. The summed E-state index contributed by atoms with van der Waals surface area (Å²) in [6.07, 6.45) is 6.24. The van der Waals surface area contributed by atoms with Gasteiger partial charge in [0.1, 0.15) is 0 Å². The Labute approximate surface area is 131 Å². The fourth-order valence-electron chi connectivity index (χ4n) is 2.32. The molecule has 0 heterocycles. The van der Waals surface area contributed by atoms with Crippen LogP contribution in [0, 0.1) is 0 Å². The lowest BCUT2D eigenvalue weighted by Gasteiger charge is -2.36. The van der Waals surface area contributed by atoms with Crippen molar-refractivity contribution in [2.75, 3.05) is 0 Å². The fraction of sp³-hybridized carbons (Fsp3) is 0.733. The second kappa shape index (κ2) is 6.92. The Morgan fingerprint density at radius 2 is 1.60 bits per heavy atom. The van der Waals surface area contributed by atoms with Crippen molar-refractivity contribution in [1.29, 1.82) is 0 Å². The van der Waals surface area contributed by atoms with Crippen molar-refractivity contribution < 1.29 is 8.85 Å². The highest BCUT2D eigenvalue weighted by atomic mass is 35.5. The first-order chi connectivity index (χ1) is 8.99. The molecule has 0 saturated heterocycles. The minimum atomic E-state index is -1.66. The third kappa shape index (κ3) is 6.27. The first kappa shape index (κ1) is 18.2. The summed E-state index contributed by atoms with van der Waals surface area (Å²) in [5.41, 5.74) is 1.12. The Balaban J connectivity index is 2.99. The smallest absolute Gasteiger partial charge is 0.184 e. The Kier molecular flexibility index (Phi) is 6.29. The van der Waals surface area contributed by atoms with E-state index in [-0.39, 0.29) is 12.2 Å². The maximum atomic E-state index is 6.44. The molecule has 0 aromatic rings. The van der Waals surface area contributed by atoms with E-state index < -0.39 is 16.6 Å². The molecule has 1 aliphatic carbocycles. The van der Waals surface area contributed by atoms with E-state index in [9.17, 15) is 0 Å². The zero-order chi connectivity index (χ0) is 15.6. The summed E-state index contributed by atoms with van der Waals surface area (Å²) < 4.78 is 12.7. The SMILES string of the molecule is C[C@@H](O[Si](C)(C)C)[C@H](O[Si](C)(C)C)C1=C(Cl)CCC=C1. The van der Waals surface area contributed by atoms with Crippen LogP contribution in [0.2, 0.25) is 39.3 Å². The van der Waals surface area contributed by atoms with Crippen LogP contribution in [0.1, 0.15) is 19.8 Å². The molecule has 0 radical (unpaired) electrons. The summed E-state index contributed by atoms with van der Waals surface area (Å²) >= 11 is 6.44. The Morgan fingerprint density at radius 1 is 1.05 bits per heavy atom. The average molecular weight is 333 g/mol. The highest BCUT2D eigenvalue weighted by Gasteiger charge is 2.32. The standard InChI is InChI=1S/C15H29ClO2Si2/c1-12(17-19(2,3)4)15(18-20(5,6)7)13-10-8-9-11-14(13)16/h8,10,12,15H,9,11H2,1-7H3/t12-,15+/m1/s1. The van der Waals surface area contributed by atoms with Crippen molar-refractivity contribution in [3.8, 4) is 0 Å². The molecule has 0 saturated carbocycles. The van der Waals surface area contributed by atoms with E-state index in [4.69, 9.17) is 20.5 Å². The second-order valence-electron chi connectivity index (χ2n) is 7.39. The summed E-state index contributed by atoms with van der Waals surface area (Å²) in [4.78, 5) is 0. The van der Waals surface area contributed by atoms with Crippen LogP contribution in [0.5, 0.6) is 0 Å². The number of halogens is 1. The molecule has 0 fully saturated rings. The molecular weight excluding hydrogens is 304 g/mol. The predicted octanol–water partition coefficient (Wildman–Crippen LogP) is 5.29. The van der Waals surface area contributed by atoms with Crippen LogP contribution < -0.4 is 0 Å². The molecule has 1 rings (SSSR count). The Morgan fingerprint density at radius 3 is 2.05 bits per heavy atom. The molecule has 0 aliphatic heterocycles. The molecule has 0 unspecified atom stereocenters. The summed E-state index contributed by atoms with van der Waals surface area (Å²) in [5.74, 6) is 0. The zero-order valence-corrected chi connectivity index (χ0v) is 16.7. The summed E-state index contributed by atoms with van der Waals surface area (Å²) in [5, 5.41) is 0.932. The Bertz CT molecular complexity index is 392. The molecule has 20 heavy (non-hydrogen) atoms. The second-order valence-corrected chi connectivity index (χ2v) is 16.8. The van der Waals surface area contributed by atoms with Crippen molar-refractivity contribution in [2.24, 2.45) is 0 Å². The van der Waals surface area contributed by atoms with E-state index in [0.717, 1.165) is 23.4 Å². The number of rotatable bonds is 6. The quantitative estimate of drug-likeness (QED) is 0.615. The van der Waals surface area contributed by atoms with E-state index in [0.29, 0.717) is 0 Å². The van der Waals surface area contributed by atoms with Crippen molar-refractivity contribution >= 4 is 28.2 Å². The van der Waals surface area contributed by atoms with E-state index in [1.54, 1.807) is 0 Å². The van der Waals surface area contributed by atoms with Crippen LogP contribution in [0.25, 0.3) is 0 Å². The van der Waals surface area contributed by atoms with E-state index >= 15 is 0 Å². The summed E-state index contributed by atoms with van der Waals surface area (Å²) in [7, 11) is -3.26. The number of hydrogen-bond donors (Lipinski definition) is 0. The molecule has 1 aliphatic rings. The predicted molar refractivity (Wildman–Crippen MR) is 93.4 cm³/mol. The minimum absolute atomic E-state index is 0.0416. The fourth-order valence-corrected chi connectivity index (χ4v) is 4.92. The van der Waals surface area contributed by atoms with Gasteiger partial charge in [0, 0.05) is 5.03 Å². The molecular formula is C15H29ClO2Si2. The van der Waals surface area contributed by atoms with E-state index in [2.05, 4.69) is 58.4 Å². The van der Waals surface area contributed by atoms with Crippen LogP contribution in [0.15, 0.2) is 22.8 Å². The molecule has 0 aromatic carbocycles. The van der Waals surface area contributed by atoms with Gasteiger partial charge in [-0.3, -0.25) is 0 Å². The molecule has 116 valence electrons. The van der Waals surface area contributed by atoms with Gasteiger partial charge in [-0.05, 0) is 64.6 Å². The third-order valence-electron chi connectivity index (χ3n) is 2.89. The first-order valence-electron chi connectivity index (χ1n) is 7.40. The molecule has 5 heteroatoms. The van der Waals surface area contributed by atoms with Gasteiger partial charge in [0.25, 0.3) is 0 Å². The van der Waals surface area contributed by atoms with Gasteiger partial charge in [-0.2, -0.15) is 0 Å². The molecule has 0 amide bonds. The van der Waals surface area contributed by atoms with Gasteiger partial charge < -0.3 is 8.85 Å². The van der Waals surface area contributed by atoms with Crippen molar-refractivity contribution in [3.05, 3.63) is 22.8 Å². The van der Waals surface area contributed by atoms with Crippen LogP contribution in [-0.4, -0.2) is 28.8 Å². The van der Waals surface area contributed by atoms with Crippen LogP contribution in [-0.2, 0) is 8.85 Å². The maximum absolute atomic E-state index is 6.44. The highest BCUT2D eigenvalue weighted by molar-refractivity contribution is 6.70. The van der Waals surface area contributed by atoms with Gasteiger partial charge in [0.2, 0.25) is 0 Å². The lowest BCUT2D eigenvalue weighted by Crippen LogP contribution is -2.44. The summed E-state index contributed by atoms with van der Waals surface area (Å²) in [6, 6.07) is 0. The molecule has 0 spiro atoms. The molecule has 0 bridgehead atoms. The molecule has 0 N–H and O–H groups in total. The van der Waals surface area contributed by atoms with E-state index in [1.165, 1.54) is 0 Å². The van der Waals surface area contributed by atoms with Crippen LogP contribution in [0.3, 0.4) is 0 Å². The maximum Gasteiger partial charge on any atom is 0.184 e. The summed E-state index contributed by atoms with van der Waals surface area (Å²) in [6.45, 7) is 15.4. The molecule has 2 atom stereocenters. The topological polar surface area (TPSA) is 18.5 Å². The van der Waals surface area contributed by atoms with Crippen LogP contribution >= 0.6 is 11.6 Å². The minimum Gasteiger partial charge on any atom is -0.412 e. The molecule has 0 aromatic heterocycles. The lowest BCUT2D eigenvalue weighted by atomic mass is 9.99. The Hall–Kier alpha value is 0.124. The zero-order valence-electron chi connectivity index (χ0n) is 13.9. The van der Waals surface area contributed by atoms with Crippen molar-refractivity contribution in [3.63, 3.8) is 0 Å². The lowest BCUT2D eigenvalue weighted by molar-refractivity contribution is 0.0802. The monoisotopic (exact) mass is 332 g/mol. The van der Waals surface area contributed by atoms with E-state index in [1.807, 2.05) is 0 Å². The first-order valence-corrected chi connectivity index (χ1v) is 14.6. The van der Waals surface area contributed by atoms with Gasteiger partial charge in [-0.1, -0.05) is 23.8 Å². The van der Waals surface area contributed by atoms with Gasteiger partial charge >= 0.3 is 0 Å². The highest BCUT2D eigenvalue weighted by Crippen LogP contribution is 2.30. The normalized spacial score (nSPS) is 20.2. The van der Waals surface area contributed by atoms with Gasteiger partial charge in [-0.25, -0.2) is 0 Å². The molecule has 2 nitrogen and oxygen atoms in total. The van der Waals surface area contributed by atoms with Crippen molar-refractivity contribution in [2.45, 2.75) is 71.3 Å². The van der Waals surface area contributed by atoms with Gasteiger partial charge in [-0.15, -0.1) is 0 Å².